The van der Waals surface area contributed by atoms with Gasteiger partial charge in [0.25, 0.3) is 0 Å². The molecule has 0 bridgehead atoms. The highest BCUT2D eigenvalue weighted by Crippen LogP contribution is 2.09. The number of hydrogen-bond acceptors (Lipinski definition) is 2. The van der Waals surface area contributed by atoms with Gasteiger partial charge in [-0.1, -0.05) is 0 Å². The maximum absolute atomic E-state index is 13.2. The van der Waals surface area contributed by atoms with Gasteiger partial charge in [0.05, 0.1) is 6.54 Å². The van der Waals surface area contributed by atoms with E-state index in [1.54, 1.807) is 12.4 Å². The predicted octanol–water partition coefficient (Wildman–Crippen LogP) is 1.98. The third-order valence-corrected chi connectivity index (χ3v) is 2.17. The van der Waals surface area contributed by atoms with Gasteiger partial charge >= 0.3 is 0 Å². The first-order valence-corrected chi connectivity index (χ1v) is 4.88. The number of rotatable bonds is 4. The fraction of sp³-hybridized carbons (Fsp3) is 0.182. The van der Waals surface area contributed by atoms with Crippen LogP contribution in [0.5, 0.6) is 0 Å². The monoisotopic (exact) mass is 223 g/mol. The van der Waals surface area contributed by atoms with E-state index in [-0.39, 0.29) is 6.54 Å². The van der Waals surface area contributed by atoms with Gasteiger partial charge < -0.3 is 10.3 Å². The van der Waals surface area contributed by atoms with E-state index in [0.29, 0.717) is 12.1 Å². The summed E-state index contributed by atoms with van der Waals surface area (Å²) in [4.78, 5) is 6.91. The van der Waals surface area contributed by atoms with Crippen LogP contribution in [0.4, 0.5) is 8.78 Å². The first-order valence-electron chi connectivity index (χ1n) is 4.88. The van der Waals surface area contributed by atoms with E-state index in [0.717, 1.165) is 18.0 Å². The van der Waals surface area contributed by atoms with Gasteiger partial charge in [0, 0.05) is 24.5 Å². The number of imidazole rings is 1. The van der Waals surface area contributed by atoms with E-state index < -0.39 is 11.6 Å². The Balaban J connectivity index is 1.92. The first kappa shape index (κ1) is 10.8. The highest BCUT2D eigenvalue weighted by molar-refractivity contribution is 5.18. The quantitative estimate of drug-likeness (QED) is 0.832. The van der Waals surface area contributed by atoms with Crippen LogP contribution >= 0.6 is 0 Å². The van der Waals surface area contributed by atoms with Crippen molar-refractivity contribution in [3.63, 3.8) is 0 Å². The Morgan fingerprint density at radius 3 is 2.88 bits per heavy atom. The van der Waals surface area contributed by atoms with E-state index in [1.807, 2.05) is 0 Å². The molecule has 2 N–H and O–H groups in total. The largest absolute Gasteiger partial charge is 0.348 e. The van der Waals surface area contributed by atoms with Crippen LogP contribution < -0.4 is 5.32 Å². The smallest absolute Gasteiger partial charge is 0.127 e. The van der Waals surface area contributed by atoms with Gasteiger partial charge in [-0.05, 0) is 18.2 Å². The molecule has 5 heteroatoms. The molecule has 84 valence electrons. The average Bonchev–Trinajstić information content (AvgIpc) is 2.76. The molecule has 1 aromatic heterocycles. The van der Waals surface area contributed by atoms with Crippen LogP contribution in [0.1, 0.15) is 11.4 Å². The Bertz CT molecular complexity index is 454. The second kappa shape index (κ2) is 4.85. The molecule has 1 heterocycles. The van der Waals surface area contributed by atoms with Crippen LogP contribution in [-0.2, 0) is 13.1 Å². The molecule has 3 nitrogen and oxygen atoms in total. The normalized spacial score (nSPS) is 10.6. The van der Waals surface area contributed by atoms with Gasteiger partial charge in [-0.2, -0.15) is 0 Å². The Hall–Kier alpha value is -1.75. The molecule has 16 heavy (non-hydrogen) atoms. The molecule has 0 saturated heterocycles. The maximum atomic E-state index is 13.2. The molecule has 0 aliphatic heterocycles. The van der Waals surface area contributed by atoms with Gasteiger partial charge in [0.15, 0.2) is 0 Å². The van der Waals surface area contributed by atoms with E-state index in [1.165, 1.54) is 6.07 Å². The van der Waals surface area contributed by atoms with E-state index in [2.05, 4.69) is 15.3 Å². The summed E-state index contributed by atoms with van der Waals surface area (Å²) in [6.07, 6.45) is 3.35. The summed E-state index contributed by atoms with van der Waals surface area (Å²) in [6.45, 7) is 0.757. The van der Waals surface area contributed by atoms with Crippen molar-refractivity contribution in [2.75, 3.05) is 0 Å². The van der Waals surface area contributed by atoms with E-state index in [4.69, 9.17) is 0 Å². The lowest BCUT2D eigenvalue weighted by Crippen LogP contribution is -2.14. The van der Waals surface area contributed by atoms with Crippen molar-refractivity contribution in [1.82, 2.24) is 15.3 Å². The van der Waals surface area contributed by atoms with Gasteiger partial charge in [-0.15, -0.1) is 0 Å². The van der Waals surface area contributed by atoms with Crippen molar-refractivity contribution in [3.8, 4) is 0 Å². The molecule has 0 atom stereocenters. The lowest BCUT2D eigenvalue weighted by atomic mass is 10.2. The summed E-state index contributed by atoms with van der Waals surface area (Å²) < 4.78 is 26.0. The van der Waals surface area contributed by atoms with Crippen molar-refractivity contribution in [3.05, 3.63) is 53.6 Å². The zero-order valence-electron chi connectivity index (χ0n) is 8.50. The molecular formula is C11H11F2N3. The Morgan fingerprint density at radius 2 is 2.12 bits per heavy atom. The first-order chi connectivity index (χ1) is 7.75. The van der Waals surface area contributed by atoms with Crippen LogP contribution in [0.15, 0.2) is 30.6 Å². The highest BCUT2D eigenvalue weighted by atomic mass is 19.1. The number of benzene rings is 1. The minimum atomic E-state index is -0.434. The van der Waals surface area contributed by atoms with Crippen LogP contribution in [0.25, 0.3) is 0 Å². The van der Waals surface area contributed by atoms with Crippen LogP contribution in [0, 0.1) is 11.6 Å². The van der Waals surface area contributed by atoms with Gasteiger partial charge in [0.2, 0.25) is 0 Å². The van der Waals surface area contributed by atoms with Crippen molar-refractivity contribution in [1.29, 1.82) is 0 Å². The molecule has 2 aromatic rings. The number of hydrogen-bond donors (Lipinski definition) is 2. The Labute approximate surface area is 91.5 Å². The fourth-order valence-corrected chi connectivity index (χ4v) is 1.39. The maximum Gasteiger partial charge on any atom is 0.127 e. The lowest BCUT2D eigenvalue weighted by molar-refractivity contribution is 0.566. The number of aromatic amines is 1. The topological polar surface area (TPSA) is 40.7 Å². The fourth-order valence-electron chi connectivity index (χ4n) is 1.39. The zero-order chi connectivity index (χ0) is 11.4. The Kier molecular flexibility index (Phi) is 3.26. The SMILES string of the molecule is Fc1ccc(F)c(CNCc2ncc[nH]2)c1. The third kappa shape index (κ3) is 2.64. The van der Waals surface area contributed by atoms with Crippen molar-refractivity contribution in [2.45, 2.75) is 13.1 Å². The van der Waals surface area contributed by atoms with Gasteiger partial charge in [-0.25, -0.2) is 13.8 Å². The molecule has 0 aliphatic carbocycles. The number of aromatic nitrogens is 2. The summed E-state index contributed by atoms with van der Waals surface area (Å²) in [5, 5.41) is 2.97. The third-order valence-electron chi connectivity index (χ3n) is 2.17. The summed E-state index contributed by atoms with van der Waals surface area (Å²) in [7, 11) is 0. The molecule has 1 aromatic carbocycles. The van der Waals surface area contributed by atoms with Crippen LogP contribution in [0.2, 0.25) is 0 Å². The van der Waals surface area contributed by atoms with Gasteiger partial charge in [-0.3, -0.25) is 0 Å². The van der Waals surface area contributed by atoms with E-state index >= 15 is 0 Å². The van der Waals surface area contributed by atoms with Crippen LogP contribution in [0.3, 0.4) is 0 Å². The standard InChI is InChI=1S/C11H11F2N3/c12-9-1-2-10(13)8(5-9)6-14-7-11-15-3-4-16-11/h1-5,14H,6-7H2,(H,15,16). The Morgan fingerprint density at radius 1 is 1.25 bits per heavy atom. The van der Waals surface area contributed by atoms with Crippen molar-refractivity contribution in [2.24, 2.45) is 0 Å². The van der Waals surface area contributed by atoms with Crippen molar-refractivity contribution >= 4 is 0 Å². The lowest BCUT2D eigenvalue weighted by Gasteiger charge is -2.04. The van der Waals surface area contributed by atoms with E-state index in [9.17, 15) is 8.78 Å². The molecule has 0 fully saturated rings. The summed E-state index contributed by atoms with van der Waals surface area (Å²) in [5.41, 5.74) is 0.312. The van der Waals surface area contributed by atoms with Crippen LogP contribution in [-0.4, -0.2) is 9.97 Å². The molecule has 0 saturated carbocycles. The average molecular weight is 223 g/mol. The van der Waals surface area contributed by atoms with Gasteiger partial charge in [0.1, 0.15) is 17.5 Å². The number of nitrogens with one attached hydrogen (secondary N) is 2. The minimum absolute atomic E-state index is 0.268. The minimum Gasteiger partial charge on any atom is -0.348 e. The molecule has 2 rings (SSSR count). The highest BCUT2D eigenvalue weighted by Gasteiger charge is 2.03. The zero-order valence-corrected chi connectivity index (χ0v) is 8.50. The molecule has 0 radical (unpaired) electrons. The number of halogens is 2. The summed E-state index contributed by atoms with van der Waals surface area (Å²) in [5.74, 6) is -0.0821. The summed E-state index contributed by atoms with van der Waals surface area (Å²) in [6, 6.07) is 3.41. The van der Waals surface area contributed by atoms with Crippen molar-refractivity contribution < 1.29 is 8.78 Å². The predicted molar refractivity (Wildman–Crippen MR) is 55.5 cm³/mol. The second-order valence-electron chi connectivity index (χ2n) is 3.38. The molecule has 0 unspecified atom stereocenters. The second-order valence-corrected chi connectivity index (χ2v) is 3.38. The molecule has 0 amide bonds. The summed E-state index contributed by atoms with van der Waals surface area (Å²) >= 11 is 0. The molecular weight excluding hydrogens is 212 g/mol. The molecule has 0 aliphatic rings. The number of nitrogens with zero attached hydrogens (tertiary/aromatic N) is 1. The number of H-pyrrole nitrogens is 1. The molecule has 0 spiro atoms.